The summed E-state index contributed by atoms with van der Waals surface area (Å²) in [4.78, 5) is 17.3. The van der Waals surface area contributed by atoms with Crippen LogP contribution in [0.3, 0.4) is 0 Å². The number of hydrogen-bond donors (Lipinski definition) is 2. The van der Waals surface area contributed by atoms with Crippen molar-refractivity contribution in [2.45, 2.75) is 6.42 Å². The molecule has 4 nitrogen and oxygen atoms in total. The lowest BCUT2D eigenvalue weighted by atomic mass is 10.1. The molecular formula is C14H18ClN3O. The second-order valence-corrected chi connectivity index (χ2v) is 4.67. The lowest BCUT2D eigenvalue weighted by molar-refractivity contribution is -0.131. The molecule has 102 valence electrons. The van der Waals surface area contributed by atoms with Gasteiger partial charge in [-0.25, -0.2) is 0 Å². The SMILES string of the molecule is Cl.O=C(Cc1c[nH]c2ccccc12)N1CCNCC1. The van der Waals surface area contributed by atoms with Crippen LogP contribution in [-0.2, 0) is 11.2 Å². The van der Waals surface area contributed by atoms with Crippen LogP contribution in [-0.4, -0.2) is 42.0 Å². The molecule has 0 radical (unpaired) electrons. The number of H-pyrrole nitrogens is 1. The Morgan fingerprint density at radius 2 is 1.95 bits per heavy atom. The molecule has 1 saturated heterocycles. The van der Waals surface area contributed by atoms with Crippen LogP contribution in [0.4, 0.5) is 0 Å². The first-order valence-electron chi connectivity index (χ1n) is 6.38. The summed E-state index contributed by atoms with van der Waals surface area (Å²) in [5.41, 5.74) is 2.19. The van der Waals surface area contributed by atoms with Crippen molar-refractivity contribution in [2.24, 2.45) is 0 Å². The Morgan fingerprint density at radius 1 is 1.21 bits per heavy atom. The van der Waals surface area contributed by atoms with Crippen molar-refractivity contribution in [1.82, 2.24) is 15.2 Å². The van der Waals surface area contributed by atoms with E-state index in [1.165, 1.54) is 0 Å². The number of amides is 1. The van der Waals surface area contributed by atoms with Gasteiger partial charge < -0.3 is 15.2 Å². The molecule has 2 N–H and O–H groups in total. The molecule has 0 spiro atoms. The summed E-state index contributed by atoms with van der Waals surface area (Å²) in [5, 5.41) is 4.41. The quantitative estimate of drug-likeness (QED) is 0.877. The van der Waals surface area contributed by atoms with Gasteiger partial charge in [0.15, 0.2) is 0 Å². The van der Waals surface area contributed by atoms with E-state index in [4.69, 9.17) is 0 Å². The average molecular weight is 280 g/mol. The zero-order chi connectivity index (χ0) is 12.4. The van der Waals surface area contributed by atoms with Gasteiger partial charge in [-0.2, -0.15) is 0 Å². The Bertz CT molecular complexity index is 561. The fraction of sp³-hybridized carbons (Fsp3) is 0.357. The number of aromatic amines is 1. The van der Waals surface area contributed by atoms with E-state index in [1.54, 1.807) is 0 Å². The van der Waals surface area contributed by atoms with Crippen LogP contribution in [0.25, 0.3) is 10.9 Å². The molecule has 3 rings (SSSR count). The number of carbonyl (C=O) groups is 1. The van der Waals surface area contributed by atoms with Crippen LogP contribution < -0.4 is 5.32 Å². The average Bonchev–Trinajstić information content (AvgIpc) is 2.83. The molecule has 0 unspecified atom stereocenters. The van der Waals surface area contributed by atoms with Gasteiger partial charge in [-0.15, -0.1) is 12.4 Å². The number of para-hydroxylation sites is 1. The number of hydrogen-bond acceptors (Lipinski definition) is 2. The van der Waals surface area contributed by atoms with E-state index in [1.807, 2.05) is 29.3 Å². The highest BCUT2D eigenvalue weighted by Crippen LogP contribution is 2.18. The van der Waals surface area contributed by atoms with Crippen LogP contribution in [0, 0.1) is 0 Å². The number of nitrogens with zero attached hydrogens (tertiary/aromatic N) is 1. The summed E-state index contributed by atoms with van der Waals surface area (Å²) < 4.78 is 0. The lowest BCUT2D eigenvalue weighted by Gasteiger charge is -2.27. The second-order valence-electron chi connectivity index (χ2n) is 4.67. The Morgan fingerprint density at radius 3 is 2.74 bits per heavy atom. The van der Waals surface area contributed by atoms with E-state index in [-0.39, 0.29) is 18.3 Å². The highest BCUT2D eigenvalue weighted by Gasteiger charge is 2.17. The first-order valence-corrected chi connectivity index (χ1v) is 6.38. The van der Waals surface area contributed by atoms with E-state index in [0.29, 0.717) is 6.42 Å². The Balaban J connectivity index is 0.00000133. The number of rotatable bonds is 2. The van der Waals surface area contributed by atoms with Crippen molar-refractivity contribution >= 4 is 29.2 Å². The van der Waals surface area contributed by atoms with Gasteiger partial charge in [0.05, 0.1) is 6.42 Å². The lowest BCUT2D eigenvalue weighted by Crippen LogP contribution is -2.46. The number of halogens is 1. The predicted molar refractivity (Wildman–Crippen MR) is 78.7 cm³/mol. The summed E-state index contributed by atoms with van der Waals surface area (Å²) in [6.45, 7) is 3.45. The minimum Gasteiger partial charge on any atom is -0.361 e. The van der Waals surface area contributed by atoms with Crippen molar-refractivity contribution in [2.75, 3.05) is 26.2 Å². The maximum atomic E-state index is 12.2. The van der Waals surface area contributed by atoms with Gasteiger partial charge in [-0.05, 0) is 11.6 Å². The first kappa shape index (κ1) is 13.9. The van der Waals surface area contributed by atoms with Crippen molar-refractivity contribution in [3.05, 3.63) is 36.0 Å². The van der Waals surface area contributed by atoms with E-state index in [2.05, 4.69) is 16.4 Å². The summed E-state index contributed by atoms with van der Waals surface area (Å²) in [7, 11) is 0. The molecule has 0 saturated carbocycles. The highest BCUT2D eigenvalue weighted by molar-refractivity contribution is 5.88. The number of aromatic nitrogens is 1. The Labute approximate surface area is 118 Å². The fourth-order valence-corrected chi connectivity index (χ4v) is 2.47. The fourth-order valence-electron chi connectivity index (χ4n) is 2.47. The molecule has 1 fully saturated rings. The van der Waals surface area contributed by atoms with Crippen LogP contribution in [0.5, 0.6) is 0 Å². The number of nitrogens with one attached hydrogen (secondary N) is 2. The molecule has 1 amide bonds. The van der Waals surface area contributed by atoms with Crippen LogP contribution in [0.1, 0.15) is 5.56 Å². The molecule has 2 heterocycles. The van der Waals surface area contributed by atoms with Crippen molar-refractivity contribution in [1.29, 1.82) is 0 Å². The molecule has 1 aromatic carbocycles. The summed E-state index contributed by atoms with van der Waals surface area (Å²) in [6, 6.07) is 8.11. The number of carbonyl (C=O) groups excluding carboxylic acids is 1. The third-order valence-electron chi connectivity index (χ3n) is 3.49. The van der Waals surface area contributed by atoms with E-state index in [9.17, 15) is 4.79 Å². The molecule has 19 heavy (non-hydrogen) atoms. The summed E-state index contributed by atoms with van der Waals surface area (Å²) in [6.07, 6.45) is 2.44. The summed E-state index contributed by atoms with van der Waals surface area (Å²) >= 11 is 0. The Hall–Kier alpha value is -1.52. The zero-order valence-corrected chi connectivity index (χ0v) is 11.5. The molecule has 1 aromatic heterocycles. The van der Waals surface area contributed by atoms with Crippen LogP contribution >= 0.6 is 12.4 Å². The van der Waals surface area contributed by atoms with Gasteiger partial charge in [-0.1, -0.05) is 18.2 Å². The van der Waals surface area contributed by atoms with E-state index < -0.39 is 0 Å². The topological polar surface area (TPSA) is 48.1 Å². The van der Waals surface area contributed by atoms with Crippen LogP contribution in [0.2, 0.25) is 0 Å². The number of fused-ring (bicyclic) bond motifs is 1. The van der Waals surface area contributed by atoms with Gasteiger partial charge >= 0.3 is 0 Å². The van der Waals surface area contributed by atoms with Crippen molar-refractivity contribution < 1.29 is 4.79 Å². The van der Waals surface area contributed by atoms with Gasteiger partial charge in [0.25, 0.3) is 0 Å². The molecule has 5 heteroatoms. The maximum absolute atomic E-state index is 12.2. The minimum atomic E-state index is 0. The third kappa shape index (κ3) is 2.91. The predicted octanol–water partition coefficient (Wildman–Crippen LogP) is 1.56. The molecule has 0 aliphatic carbocycles. The molecular weight excluding hydrogens is 262 g/mol. The maximum Gasteiger partial charge on any atom is 0.227 e. The summed E-state index contributed by atoms with van der Waals surface area (Å²) in [5.74, 6) is 0.223. The van der Waals surface area contributed by atoms with Crippen molar-refractivity contribution in [3.63, 3.8) is 0 Å². The highest BCUT2D eigenvalue weighted by atomic mass is 35.5. The monoisotopic (exact) mass is 279 g/mol. The van der Waals surface area contributed by atoms with Crippen LogP contribution in [0.15, 0.2) is 30.5 Å². The van der Waals surface area contributed by atoms with Gasteiger partial charge in [-0.3, -0.25) is 4.79 Å². The zero-order valence-electron chi connectivity index (χ0n) is 10.7. The molecule has 0 bridgehead atoms. The molecule has 1 aliphatic rings. The largest absolute Gasteiger partial charge is 0.361 e. The molecule has 2 aromatic rings. The number of piperazine rings is 1. The first-order chi connectivity index (χ1) is 8.84. The molecule has 1 aliphatic heterocycles. The number of benzene rings is 1. The van der Waals surface area contributed by atoms with E-state index >= 15 is 0 Å². The van der Waals surface area contributed by atoms with Crippen molar-refractivity contribution in [3.8, 4) is 0 Å². The minimum absolute atomic E-state index is 0. The molecule has 0 atom stereocenters. The Kier molecular flexibility index (Phi) is 4.45. The third-order valence-corrected chi connectivity index (χ3v) is 3.49. The van der Waals surface area contributed by atoms with Gasteiger partial charge in [0.1, 0.15) is 0 Å². The standard InChI is InChI=1S/C14H17N3O.ClH/c18-14(17-7-5-15-6-8-17)9-11-10-16-13-4-2-1-3-12(11)13;/h1-4,10,15-16H,5-9H2;1H. The second kappa shape index (κ2) is 6.08. The smallest absolute Gasteiger partial charge is 0.227 e. The normalized spacial score (nSPS) is 15.3. The van der Waals surface area contributed by atoms with Gasteiger partial charge in [0, 0.05) is 43.3 Å². The van der Waals surface area contributed by atoms with E-state index in [0.717, 1.165) is 42.6 Å². The van der Waals surface area contributed by atoms with Gasteiger partial charge in [0.2, 0.25) is 5.91 Å².